The summed E-state index contributed by atoms with van der Waals surface area (Å²) in [5, 5.41) is 9.65. The second kappa shape index (κ2) is 5.17. The van der Waals surface area contributed by atoms with Gasteiger partial charge in [0.05, 0.1) is 0 Å². The zero-order valence-electron chi connectivity index (χ0n) is 10.2. The molecule has 1 aromatic carbocycles. The van der Waals surface area contributed by atoms with Crippen molar-refractivity contribution in [3.05, 3.63) is 28.8 Å². The Morgan fingerprint density at radius 1 is 1.20 bits per heavy atom. The lowest BCUT2D eigenvalue weighted by Gasteiger charge is -2.16. The Morgan fingerprint density at radius 2 is 1.73 bits per heavy atom. The van der Waals surface area contributed by atoms with Crippen molar-refractivity contribution in [1.82, 2.24) is 4.90 Å². The Balaban J connectivity index is 2.78. The third kappa shape index (κ3) is 3.24. The van der Waals surface area contributed by atoms with Gasteiger partial charge < -0.3 is 10.0 Å². The smallest absolute Gasteiger partial charge is 0.121 e. The molecular formula is C13H21NO. The minimum Gasteiger partial charge on any atom is -0.507 e. The number of phenols is 1. The van der Waals surface area contributed by atoms with Crippen molar-refractivity contribution in [3.63, 3.8) is 0 Å². The summed E-state index contributed by atoms with van der Waals surface area (Å²) in [6.45, 7) is 8.15. The lowest BCUT2D eigenvalue weighted by molar-refractivity contribution is 0.327. The number of nitrogens with zero attached hydrogens (tertiary/aromatic N) is 1. The zero-order chi connectivity index (χ0) is 11.4. The third-order valence-electron chi connectivity index (χ3n) is 2.61. The predicted octanol–water partition coefficient (Wildman–Crippen LogP) is 2.85. The highest BCUT2D eigenvalue weighted by Gasteiger charge is 2.05. The van der Waals surface area contributed by atoms with E-state index in [1.807, 2.05) is 13.8 Å². The van der Waals surface area contributed by atoms with Gasteiger partial charge in [-0.15, -0.1) is 0 Å². The SMILES string of the molecule is CCCN(C)Cc1cc(C)c(O)c(C)c1. The van der Waals surface area contributed by atoms with Gasteiger partial charge in [0, 0.05) is 6.54 Å². The van der Waals surface area contributed by atoms with Crippen LogP contribution < -0.4 is 0 Å². The maximum absolute atomic E-state index is 9.65. The maximum atomic E-state index is 9.65. The third-order valence-corrected chi connectivity index (χ3v) is 2.61. The quantitative estimate of drug-likeness (QED) is 0.820. The van der Waals surface area contributed by atoms with Gasteiger partial charge in [-0.25, -0.2) is 0 Å². The molecule has 84 valence electrons. The van der Waals surface area contributed by atoms with Gasteiger partial charge in [-0.2, -0.15) is 0 Å². The van der Waals surface area contributed by atoms with Gasteiger partial charge in [0.15, 0.2) is 0 Å². The monoisotopic (exact) mass is 207 g/mol. The van der Waals surface area contributed by atoms with E-state index < -0.39 is 0 Å². The Kier molecular flexibility index (Phi) is 4.15. The van der Waals surface area contributed by atoms with Crippen LogP contribution in [0, 0.1) is 13.8 Å². The van der Waals surface area contributed by atoms with Gasteiger partial charge in [0.2, 0.25) is 0 Å². The van der Waals surface area contributed by atoms with Crippen molar-refractivity contribution in [2.45, 2.75) is 33.7 Å². The Morgan fingerprint density at radius 3 is 2.20 bits per heavy atom. The molecule has 1 N–H and O–H groups in total. The molecule has 0 aliphatic rings. The number of aryl methyl sites for hydroxylation is 2. The largest absolute Gasteiger partial charge is 0.507 e. The Bertz CT molecular complexity index is 310. The van der Waals surface area contributed by atoms with Crippen LogP contribution in [0.25, 0.3) is 0 Å². The van der Waals surface area contributed by atoms with Crippen molar-refractivity contribution >= 4 is 0 Å². The van der Waals surface area contributed by atoms with E-state index in [0.29, 0.717) is 5.75 Å². The summed E-state index contributed by atoms with van der Waals surface area (Å²) in [5.41, 5.74) is 3.21. The summed E-state index contributed by atoms with van der Waals surface area (Å²) in [6, 6.07) is 4.13. The highest BCUT2D eigenvalue weighted by Crippen LogP contribution is 2.23. The van der Waals surface area contributed by atoms with Gasteiger partial charge in [-0.1, -0.05) is 19.1 Å². The molecule has 0 spiro atoms. The van der Waals surface area contributed by atoms with E-state index in [9.17, 15) is 5.11 Å². The first-order valence-corrected chi connectivity index (χ1v) is 5.52. The number of benzene rings is 1. The molecule has 0 bridgehead atoms. The first kappa shape index (κ1) is 12.1. The first-order valence-electron chi connectivity index (χ1n) is 5.52. The first-order chi connectivity index (χ1) is 7.04. The second-order valence-electron chi connectivity index (χ2n) is 4.32. The van der Waals surface area contributed by atoms with E-state index in [-0.39, 0.29) is 0 Å². The van der Waals surface area contributed by atoms with Crippen LogP contribution in [-0.4, -0.2) is 23.6 Å². The van der Waals surface area contributed by atoms with E-state index in [1.54, 1.807) is 0 Å². The van der Waals surface area contributed by atoms with Crippen LogP contribution >= 0.6 is 0 Å². The molecule has 0 atom stereocenters. The molecule has 2 nitrogen and oxygen atoms in total. The van der Waals surface area contributed by atoms with Crippen molar-refractivity contribution < 1.29 is 5.11 Å². The molecule has 2 heteroatoms. The molecule has 0 fully saturated rings. The van der Waals surface area contributed by atoms with E-state index >= 15 is 0 Å². The van der Waals surface area contributed by atoms with Gasteiger partial charge >= 0.3 is 0 Å². The van der Waals surface area contributed by atoms with Gasteiger partial charge in [-0.05, 0) is 50.6 Å². The summed E-state index contributed by atoms with van der Waals surface area (Å²) >= 11 is 0. The predicted molar refractivity (Wildman–Crippen MR) is 64.2 cm³/mol. The van der Waals surface area contributed by atoms with Gasteiger partial charge in [0.25, 0.3) is 0 Å². The lowest BCUT2D eigenvalue weighted by atomic mass is 10.1. The average molecular weight is 207 g/mol. The number of phenolic OH excluding ortho intramolecular Hbond substituents is 1. The van der Waals surface area contributed by atoms with Crippen molar-refractivity contribution in [1.29, 1.82) is 0 Å². The molecule has 0 saturated heterocycles. The fourth-order valence-corrected chi connectivity index (χ4v) is 1.91. The molecule has 0 aliphatic carbocycles. The maximum Gasteiger partial charge on any atom is 0.121 e. The minimum absolute atomic E-state index is 0.428. The molecule has 0 radical (unpaired) electrons. The number of rotatable bonds is 4. The fourth-order valence-electron chi connectivity index (χ4n) is 1.91. The van der Waals surface area contributed by atoms with Crippen LogP contribution in [0.15, 0.2) is 12.1 Å². The number of hydrogen-bond acceptors (Lipinski definition) is 2. The highest BCUT2D eigenvalue weighted by molar-refractivity contribution is 5.42. The molecule has 0 unspecified atom stereocenters. The van der Waals surface area contributed by atoms with Crippen LogP contribution in [0.1, 0.15) is 30.0 Å². The molecule has 0 aliphatic heterocycles. The molecule has 0 amide bonds. The van der Waals surface area contributed by atoms with Crippen molar-refractivity contribution in [3.8, 4) is 5.75 Å². The van der Waals surface area contributed by atoms with Crippen LogP contribution in [0.3, 0.4) is 0 Å². The molecule has 15 heavy (non-hydrogen) atoms. The molecule has 1 aromatic rings. The van der Waals surface area contributed by atoms with Crippen molar-refractivity contribution in [2.24, 2.45) is 0 Å². The molecule has 0 saturated carbocycles. The van der Waals surface area contributed by atoms with Crippen molar-refractivity contribution in [2.75, 3.05) is 13.6 Å². The average Bonchev–Trinajstić information content (AvgIpc) is 2.14. The van der Waals surface area contributed by atoms with Crippen LogP contribution in [0.5, 0.6) is 5.75 Å². The second-order valence-corrected chi connectivity index (χ2v) is 4.32. The topological polar surface area (TPSA) is 23.5 Å². The van der Waals surface area contributed by atoms with E-state index in [2.05, 4.69) is 31.0 Å². The zero-order valence-corrected chi connectivity index (χ0v) is 10.2. The summed E-state index contributed by atoms with van der Waals surface area (Å²) in [5.74, 6) is 0.428. The van der Waals surface area contributed by atoms with Gasteiger partial charge in [0.1, 0.15) is 5.75 Å². The van der Waals surface area contributed by atoms with Gasteiger partial charge in [-0.3, -0.25) is 0 Å². The molecule has 0 heterocycles. The number of hydrogen-bond donors (Lipinski definition) is 1. The summed E-state index contributed by atoms with van der Waals surface area (Å²) < 4.78 is 0. The van der Waals surface area contributed by atoms with E-state index in [0.717, 1.165) is 24.2 Å². The normalized spacial score (nSPS) is 11.0. The fraction of sp³-hybridized carbons (Fsp3) is 0.538. The summed E-state index contributed by atoms with van der Waals surface area (Å²) in [7, 11) is 2.13. The standard InChI is InChI=1S/C13H21NO/c1-5-6-14(4)9-12-7-10(2)13(15)11(3)8-12/h7-8,15H,5-6,9H2,1-4H3. The minimum atomic E-state index is 0.428. The van der Waals surface area contributed by atoms with E-state index in [1.165, 1.54) is 12.0 Å². The van der Waals surface area contributed by atoms with Crippen LogP contribution in [-0.2, 0) is 6.54 Å². The summed E-state index contributed by atoms with van der Waals surface area (Å²) in [4.78, 5) is 2.30. The summed E-state index contributed by atoms with van der Waals surface area (Å²) in [6.07, 6.45) is 1.17. The van der Waals surface area contributed by atoms with Crippen LogP contribution in [0.2, 0.25) is 0 Å². The molecule has 1 rings (SSSR count). The van der Waals surface area contributed by atoms with E-state index in [4.69, 9.17) is 0 Å². The Hall–Kier alpha value is -1.02. The molecular weight excluding hydrogens is 186 g/mol. The highest BCUT2D eigenvalue weighted by atomic mass is 16.3. The van der Waals surface area contributed by atoms with Crippen LogP contribution in [0.4, 0.5) is 0 Å². The number of aromatic hydroxyl groups is 1. The Labute approximate surface area is 92.5 Å². The molecule has 0 aromatic heterocycles. The lowest BCUT2D eigenvalue weighted by Crippen LogP contribution is -2.18.